The summed E-state index contributed by atoms with van der Waals surface area (Å²) in [6.07, 6.45) is 0.786. The summed E-state index contributed by atoms with van der Waals surface area (Å²) in [5.41, 5.74) is 0. The van der Waals surface area contributed by atoms with Crippen LogP contribution in [0.5, 0.6) is 5.75 Å². The highest BCUT2D eigenvalue weighted by molar-refractivity contribution is 5.85. The number of ether oxygens (including phenoxy) is 2. The molecule has 1 aliphatic heterocycles. The van der Waals surface area contributed by atoms with Crippen LogP contribution in [0.25, 0.3) is 0 Å². The van der Waals surface area contributed by atoms with Crippen LogP contribution in [-0.4, -0.2) is 44.9 Å². The van der Waals surface area contributed by atoms with Crippen molar-refractivity contribution in [1.82, 2.24) is 10.6 Å². The summed E-state index contributed by atoms with van der Waals surface area (Å²) >= 11 is 0. The molecule has 5 nitrogen and oxygen atoms in total. The molecular weight excluding hydrogens is 280 g/mol. The molecular formula is C14H21ClN2O3. The Bertz CT molecular complexity index is 383. The average Bonchev–Trinajstić information content (AvgIpc) is 2.49. The maximum Gasteiger partial charge on any atom is 0.239 e. The number of halogens is 1. The number of hydrogen-bond acceptors (Lipinski definition) is 4. The molecule has 1 atom stereocenters. The Morgan fingerprint density at radius 3 is 2.90 bits per heavy atom. The van der Waals surface area contributed by atoms with Crippen LogP contribution >= 0.6 is 12.4 Å². The van der Waals surface area contributed by atoms with Crippen molar-refractivity contribution >= 4 is 18.3 Å². The zero-order valence-corrected chi connectivity index (χ0v) is 12.2. The van der Waals surface area contributed by atoms with Gasteiger partial charge in [-0.2, -0.15) is 0 Å². The van der Waals surface area contributed by atoms with Gasteiger partial charge >= 0.3 is 0 Å². The van der Waals surface area contributed by atoms with Crippen molar-refractivity contribution < 1.29 is 14.3 Å². The number of nitrogens with one attached hydrogen (secondary N) is 2. The molecule has 1 fully saturated rings. The van der Waals surface area contributed by atoms with E-state index in [1.54, 1.807) is 0 Å². The first-order valence-electron chi connectivity index (χ1n) is 6.63. The van der Waals surface area contributed by atoms with Crippen molar-refractivity contribution in [3.8, 4) is 5.75 Å². The van der Waals surface area contributed by atoms with E-state index in [0.29, 0.717) is 26.4 Å². The number of benzene rings is 1. The third-order valence-electron chi connectivity index (χ3n) is 2.87. The standard InChI is InChI=1S/C14H20N2O3.ClH/c17-14(13-11-18-10-8-15-13)16-7-4-9-19-12-5-2-1-3-6-12;/h1-3,5-6,13,15H,4,7-11H2,(H,16,17);1H. The lowest BCUT2D eigenvalue weighted by atomic mass is 10.2. The molecule has 1 amide bonds. The molecule has 1 heterocycles. The third-order valence-corrected chi connectivity index (χ3v) is 2.87. The molecule has 0 saturated carbocycles. The van der Waals surface area contributed by atoms with Gasteiger partial charge in [0.05, 0.1) is 19.8 Å². The van der Waals surface area contributed by atoms with Gasteiger partial charge in [0.25, 0.3) is 0 Å². The SMILES string of the molecule is Cl.O=C(NCCCOc1ccccc1)C1COCCN1. The predicted molar refractivity (Wildman–Crippen MR) is 79.4 cm³/mol. The first-order valence-corrected chi connectivity index (χ1v) is 6.63. The fourth-order valence-corrected chi connectivity index (χ4v) is 1.85. The van der Waals surface area contributed by atoms with Crippen molar-refractivity contribution in [1.29, 1.82) is 0 Å². The molecule has 0 aromatic heterocycles. The second-order valence-corrected chi connectivity index (χ2v) is 4.39. The summed E-state index contributed by atoms with van der Waals surface area (Å²) in [6.45, 7) is 3.07. The van der Waals surface area contributed by atoms with Gasteiger partial charge < -0.3 is 20.1 Å². The van der Waals surface area contributed by atoms with Crippen molar-refractivity contribution in [3.05, 3.63) is 30.3 Å². The molecule has 1 aromatic carbocycles. The fraction of sp³-hybridized carbons (Fsp3) is 0.500. The van der Waals surface area contributed by atoms with Gasteiger partial charge in [0.2, 0.25) is 5.91 Å². The number of rotatable bonds is 6. The molecule has 20 heavy (non-hydrogen) atoms. The van der Waals surface area contributed by atoms with Crippen LogP contribution < -0.4 is 15.4 Å². The quantitative estimate of drug-likeness (QED) is 0.769. The Labute approximate surface area is 125 Å². The second-order valence-electron chi connectivity index (χ2n) is 4.39. The minimum Gasteiger partial charge on any atom is -0.494 e. The molecule has 0 radical (unpaired) electrons. The van der Waals surface area contributed by atoms with Crippen molar-refractivity contribution in [2.24, 2.45) is 0 Å². The molecule has 112 valence electrons. The Morgan fingerprint density at radius 2 is 2.20 bits per heavy atom. The zero-order chi connectivity index (χ0) is 13.3. The lowest BCUT2D eigenvalue weighted by Gasteiger charge is -2.22. The lowest BCUT2D eigenvalue weighted by Crippen LogP contribution is -2.51. The van der Waals surface area contributed by atoms with Crippen LogP contribution in [0.2, 0.25) is 0 Å². The number of morpholine rings is 1. The molecule has 1 unspecified atom stereocenters. The van der Waals surface area contributed by atoms with E-state index < -0.39 is 0 Å². The smallest absolute Gasteiger partial charge is 0.239 e. The van der Waals surface area contributed by atoms with E-state index in [2.05, 4.69) is 10.6 Å². The summed E-state index contributed by atoms with van der Waals surface area (Å²) in [5, 5.41) is 5.99. The summed E-state index contributed by atoms with van der Waals surface area (Å²) < 4.78 is 10.8. The van der Waals surface area contributed by atoms with Gasteiger partial charge in [-0.15, -0.1) is 12.4 Å². The molecule has 0 spiro atoms. The van der Waals surface area contributed by atoms with Crippen LogP contribution in [0.1, 0.15) is 6.42 Å². The van der Waals surface area contributed by atoms with Crippen LogP contribution in [0.3, 0.4) is 0 Å². The molecule has 1 aliphatic rings. The number of carbonyl (C=O) groups excluding carboxylic acids is 1. The van der Waals surface area contributed by atoms with Crippen molar-refractivity contribution in [3.63, 3.8) is 0 Å². The maximum atomic E-state index is 11.7. The highest BCUT2D eigenvalue weighted by Crippen LogP contribution is 2.08. The summed E-state index contributed by atoms with van der Waals surface area (Å²) in [7, 11) is 0. The molecule has 2 N–H and O–H groups in total. The van der Waals surface area contributed by atoms with Gasteiger partial charge in [0.1, 0.15) is 11.8 Å². The topological polar surface area (TPSA) is 59.6 Å². The molecule has 2 rings (SSSR count). The Balaban J connectivity index is 0.00000200. The monoisotopic (exact) mass is 300 g/mol. The van der Waals surface area contributed by atoms with Gasteiger partial charge in [-0.3, -0.25) is 4.79 Å². The number of amides is 1. The maximum absolute atomic E-state index is 11.7. The lowest BCUT2D eigenvalue weighted by molar-refractivity contribution is -0.125. The first kappa shape index (κ1) is 16.8. The van der Waals surface area contributed by atoms with Gasteiger partial charge in [0, 0.05) is 13.1 Å². The molecule has 1 aromatic rings. The molecule has 1 saturated heterocycles. The summed E-state index contributed by atoms with van der Waals surface area (Å²) in [5.74, 6) is 0.857. The second kappa shape index (κ2) is 9.58. The highest BCUT2D eigenvalue weighted by Gasteiger charge is 2.20. The van der Waals surface area contributed by atoms with Crippen LogP contribution in [-0.2, 0) is 9.53 Å². The van der Waals surface area contributed by atoms with Crippen LogP contribution in [0.4, 0.5) is 0 Å². The van der Waals surface area contributed by atoms with E-state index in [1.165, 1.54) is 0 Å². The van der Waals surface area contributed by atoms with Gasteiger partial charge in [-0.1, -0.05) is 18.2 Å². The third kappa shape index (κ3) is 5.77. The van der Waals surface area contributed by atoms with Crippen molar-refractivity contribution in [2.75, 3.05) is 32.9 Å². The first-order chi connectivity index (χ1) is 9.36. The van der Waals surface area contributed by atoms with Crippen molar-refractivity contribution in [2.45, 2.75) is 12.5 Å². The number of para-hydroxylation sites is 1. The number of carbonyl (C=O) groups is 1. The number of hydrogen-bond donors (Lipinski definition) is 2. The van der Waals surface area contributed by atoms with Gasteiger partial charge in [-0.25, -0.2) is 0 Å². The fourth-order valence-electron chi connectivity index (χ4n) is 1.85. The summed E-state index contributed by atoms with van der Waals surface area (Å²) in [4.78, 5) is 11.7. The van der Waals surface area contributed by atoms with Gasteiger partial charge in [0.15, 0.2) is 0 Å². The van der Waals surface area contributed by atoms with E-state index in [4.69, 9.17) is 9.47 Å². The van der Waals surface area contributed by atoms with Crippen LogP contribution in [0.15, 0.2) is 30.3 Å². The van der Waals surface area contributed by atoms with E-state index in [0.717, 1.165) is 18.7 Å². The average molecular weight is 301 g/mol. The Hall–Kier alpha value is -1.30. The highest BCUT2D eigenvalue weighted by atomic mass is 35.5. The molecule has 0 aliphatic carbocycles. The Morgan fingerprint density at radius 1 is 1.40 bits per heavy atom. The zero-order valence-electron chi connectivity index (χ0n) is 11.3. The molecule has 6 heteroatoms. The Kier molecular flexibility index (Phi) is 8.02. The van der Waals surface area contributed by atoms with Gasteiger partial charge in [-0.05, 0) is 18.6 Å². The summed E-state index contributed by atoms with van der Waals surface area (Å²) in [6, 6.07) is 9.44. The minimum absolute atomic E-state index is 0. The van der Waals surface area contributed by atoms with E-state index in [9.17, 15) is 4.79 Å². The van der Waals surface area contributed by atoms with E-state index in [-0.39, 0.29) is 24.4 Å². The predicted octanol–water partition coefficient (Wildman–Crippen LogP) is 0.982. The van der Waals surface area contributed by atoms with E-state index in [1.807, 2.05) is 30.3 Å². The van der Waals surface area contributed by atoms with Crippen LogP contribution in [0, 0.1) is 0 Å². The minimum atomic E-state index is -0.219. The molecule has 0 bridgehead atoms. The largest absolute Gasteiger partial charge is 0.494 e. The van der Waals surface area contributed by atoms with E-state index >= 15 is 0 Å². The normalized spacial score (nSPS) is 17.9.